The summed E-state index contributed by atoms with van der Waals surface area (Å²) in [7, 11) is -4.49. The topological polar surface area (TPSA) is 116 Å². The van der Waals surface area contributed by atoms with Crippen molar-refractivity contribution in [2.75, 3.05) is 18.5 Å². The minimum absolute atomic E-state index is 0.107. The van der Waals surface area contributed by atoms with Crippen molar-refractivity contribution in [2.45, 2.75) is 26.2 Å². The van der Waals surface area contributed by atoms with Crippen LogP contribution in [0.15, 0.2) is 12.1 Å². The van der Waals surface area contributed by atoms with Crippen LogP contribution < -0.4 is 5.32 Å². The summed E-state index contributed by atoms with van der Waals surface area (Å²) in [5, 5.41) is 22.3. The standard InChI is InChI=1S/C12H19NO6S/c1-2-3-5-13-12-9(4-6-19-20(16,17)18)7-10(14)8-11(12)15/h7-8,13-15H,2-6H2,1H3,(H,16,17,18). The number of anilines is 1. The summed E-state index contributed by atoms with van der Waals surface area (Å²) in [5.74, 6) is -0.256. The van der Waals surface area contributed by atoms with Crippen LogP contribution in [0.1, 0.15) is 25.3 Å². The van der Waals surface area contributed by atoms with Crippen molar-refractivity contribution >= 4 is 16.1 Å². The zero-order valence-electron chi connectivity index (χ0n) is 11.2. The Morgan fingerprint density at radius 1 is 1.30 bits per heavy atom. The molecule has 0 aromatic heterocycles. The monoisotopic (exact) mass is 305 g/mol. The number of rotatable bonds is 8. The average molecular weight is 305 g/mol. The SMILES string of the molecule is CCCCNc1c(O)cc(O)cc1CCOS(=O)(=O)O. The molecule has 0 amide bonds. The highest BCUT2D eigenvalue weighted by Crippen LogP contribution is 2.32. The maximum absolute atomic E-state index is 10.5. The Hall–Kier alpha value is -1.51. The molecule has 1 aromatic carbocycles. The number of hydrogen-bond acceptors (Lipinski definition) is 6. The van der Waals surface area contributed by atoms with Crippen molar-refractivity contribution < 1.29 is 27.4 Å². The summed E-state index contributed by atoms with van der Waals surface area (Å²) in [6.45, 7) is 2.38. The van der Waals surface area contributed by atoms with Crippen LogP contribution in [-0.2, 0) is 21.0 Å². The van der Waals surface area contributed by atoms with E-state index in [1.54, 1.807) is 0 Å². The van der Waals surface area contributed by atoms with E-state index >= 15 is 0 Å². The largest absolute Gasteiger partial charge is 0.508 e. The average Bonchev–Trinajstić information content (AvgIpc) is 2.30. The fraction of sp³-hybridized carbons (Fsp3) is 0.500. The minimum Gasteiger partial charge on any atom is -0.508 e. The van der Waals surface area contributed by atoms with Crippen LogP contribution in [-0.4, -0.2) is 36.3 Å². The van der Waals surface area contributed by atoms with E-state index in [9.17, 15) is 18.6 Å². The van der Waals surface area contributed by atoms with Crippen LogP contribution in [0, 0.1) is 0 Å². The highest BCUT2D eigenvalue weighted by atomic mass is 32.3. The summed E-state index contributed by atoms with van der Waals surface area (Å²) >= 11 is 0. The molecule has 4 N–H and O–H groups in total. The second kappa shape index (κ2) is 7.32. The number of phenols is 2. The number of hydrogen-bond donors (Lipinski definition) is 4. The van der Waals surface area contributed by atoms with E-state index in [0.717, 1.165) is 12.8 Å². The second-order valence-electron chi connectivity index (χ2n) is 4.28. The molecule has 0 heterocycles. The molecule has 0 unspecified atom stereocenters. The number of benzene rings is 1. The Balaban J connectivity index is 2.80. The molecule has 0 saturated heterocycles. The van der Waals surface area contributed by atoms with Crippen molar-refractivity contribution in [1.29, 1.82) is 0 Å². The second-order valence-corrected chi connectivity index (χ2v) is 5.37. The van der Waals surface area contributed by atoms with Gasteiger partial charge in [-0.2, -0.15) is 8.42 Å². The van der Waals surface area contributed by atoms with Crippen LogP contribution in [0.3, 0.4) is 0 Å². The molecule has 1 aromatic rings. The lowest BCUT2D eigenvalue weighted by Crippen LogP contribution is -2.09. The van der Waals surface area contributed by atoms with Crippen molar-refractivity contribution in [1.82, 2.24) is 0 Å². The van der Waals surface area contributed by atoms with Gasteiger partial charge in [0.2, 0.25) is 0 Å². The Morgan fingerprint density at radius 3 is 2.60 bits per heavy atom. The smallest absolute Gasteiger partial charge is 0.397 e. The first-order valence-electron chi connectivity index (χ1n) is 6.24. The van der Waals surface area contributed by atoms with Crippen molar-refractivity contribution in [3.8, 4) is 11.5 Å². The van der Waals surface area contributed by atoms with Gasteiger partial charge < -0.3 is 15.5 Å². The van der Waals surface area contributed by atoms with Gasteiger partial charge in [-0.3, -0.25) is 4.55 Å². The summed E-state index contributed by atoms with van der Waals surface area (Å²) in [6.07, 6.45) is 1.99. The van der Waals surface area contributed by atoms with Crippen LogP contribution >= 0.6 is 0 Å². The van der Waals surface area contributed by atoms with Gasteiger partial charge in [0.1, 0.15) is 11.5 Å². The van der Waals surface area contributed by atoms with E-state index in [1.165, 1.54) is 12.1 Å². The summed E-state index contributed by atoms with van der Waals surface area (Å²) in [5.41, 5.74) is 0.928. The van der Waals surface area contributed by atoms with E-state index in [2.05, 4.69) is 9.50 Å². The quantitative estimate of drug-likeness (QED) is 0.250. The maximum Gasteiger partial charge on any atom is 0.397 e. The first-order valence-corrected chi connectivity index (χ1v) is 7.60. The number of phenolic OH excluding ortho intramolecular Hbond substituents is 2. The Bertz CT molecular complexity index is 543. The van der Waals surface area contributed by atoms with Crippen LogP contribution in [0.2, 0.25) is 0 Å². The van der Waals surface area contributed by atoms with Crippen LogP contribution in [0.25, 0.3) is 0 Å². The van der Waals surface area contributed by atoms with Crippen molar-refractivity contribution in [3.63, 3.8) is 0 Å². The van der Waals surface area contributed by atoms with Crippen molar-refractivity contribution in [2.24, 2.45) is 0 Å². The molecule has 0 radical (unpaired) electrons. The number of unbranched alkanes of at least 4 members (excludes halogenated alkanes) is 1. The van der Waals surface area contributed by atoms with E-state index in [-0.39, 0.29) is 24.5 Å². The van der Waals surface area contributed by atoms with Gasteiger partial charge in [-0.25, -0.2) is 4.18 Å². The number of aromatic hydroxyl groups is 2. The van der Waals surface area contributed by atoms with Crippen LogP contribution in [0.4, 0.5) is 5.69 Å². The zero-order valence-corrected chi connectivity index (χ0v) is 12.0. The molecule has 1 rings (SSSR count). The molecule has 20 heavy (non-hydrogen) atoms. The highest BCUT2D eigenvalue weighted by molar-refractivity contribution is 7.80. The molecular weight excluding hydrogens is 286 g/mol. The molecule has 0 aliphatic carbocycles. The van der Waals surface area contributed by atoms with Crippen LogP contribution in [0.5, 0.6) is 11.5 Å². The molecule has 114 valence electrons. The van der Waals surface area contributed by atoms with E-state index in [0.29, 0.717) is 17.8 Å². The first kappa shape index (κ1) is 16.5. The van der Waals surface area contributed by atoms with E-state index in [1.807, 2.05) is 6.92 Å². The van der Waals surface area contributed by atoms with Gasteiger partial charge in [0.05, 0.1) is 12.3 Å². The third kappa shape index (κ3) is 5.64. The lowest BCUT2D eigenvalue weighted by molar-refractivity contribution is 0.272. The highest BCUT2D eigenvalue weighted by Gasteiger charge is 2.12. The molecule has 0 fully saturated rings. The third-order valence-corrected chi connectivity index (χ3v) is 3.08. The Labute approximate surface area is 118 Å². The lowest BCUT2D eigenvalue weighted by atomic mass is 10.1. The van der Waals surface area contributed by atoms with Gasteiger partial charge in [0.15, 0.2) is 0 Å². The third-order valence-electron chi connectivity index (χ3n) is 2.62. The van der Waals surface area contributed by atoms with Gasteiger partial charge in [-0.15, -0.1) is 0 Å². The molecule has 8 heteroatoms. The normalized spacial score (nSPS) is 11.5. The Kier molecular flexibility index (Phi) is 6.05. The molecule has 0 aliphatic rings. The van der Waals surface area contributed by atoms with Gasteiger partial charge in [0.25, 0.3) is 0 Å². The summed E-state index contributed by atoms with van der Waals surface area (Å²) in [4.78, 5) is 0. The van der Waals surface area contributed by atoms with E-state index in [4.69, 9.17) is 4.55 Å². The van der Waals surface area contributed by atoms with Gasteiger partial charge in [-0.1, -0.05) is 13.3 Å². The fourth-order valence-corrected chi connectivity index (χ4v) is 2.01. The molecule has 0 atom stereocenters. The summed E-state index contributed by atoms with van der Waals surface area (Å²) < 4.78 is 33.7. The predicted molar refractivity (Wildman–Crippen MR) is 74.4 cm³/mol. The molecule has 7 nitrogen and oxygen atoms in total. The van der Waals surface area contributed by atoms with Gasteiger partial charge in [-0.05, 0) is 24.5 Å². The molecule has 0 bridgehead atoms. The molecule has 0 spiro atoms. The number of nitrogens with one attached hydrogen (secondary N) is 1. The fourth-order valence-electron chi connectivity index (χ4n) is 1.72. The molecular formula is C12H19NO6S. The zero-order chi connectivity index (χ0) is 15.2. The Morgan fingerprint density at radius 2 is 2.00 bits per heavy atom. The first-order chi connectivity index (χ1) is 9.33. The molecule has 0 aliphatic heterocycles. The van der Waals surface area contributed by atoms with E-state index < -0.39 is 10.4 Å². The van der Waals surface area contributed by atoms with Gasteiger partial charge in [0, 0.05) is 12.6 Å². The molecule has 0 saturated carbocycles. The predicted octanol–water partition coefficient (Wildman–Crippen LogP) is 1.67. The lowest BCUT2D eigenvalue weighted by Gasteiger charge is -2.14. The minimum atomic E-state index is -4.49. The van der Waals surface area contributed by atoms with Crippen molar-refractivity contribution in [3.05, 3.63) is 17.7 Å². The van der Waals surface area contributed by atoms with Gasteiger partial charge >= 0.3 is 10.4 Å². The summed E-state index contributed by atoms with van der Waals surface area (Å²) in [6, 6.07) is 2.60. The maximum atomic E-state index is 10.5.